The Kier molecular flexibility index (Phi) is 6.24. The molecule has 30 heavy (non-hydrogen) atoms. The quantitative estimate of drug-likeness (QED) is 0.235. The van der Waals surface area contributed by atoms with E-state index in [0.29, 0.717) is 18.4 Å². The average Bonchev–Trinajstić information content (AvgIpc) is 2.96. The summed E-state index contributed by atoms with van der Waals surface area (Å²) in [6.07, 6.45) is 4.55. The molecule has 2 aliphatic rings. The minimum Gasteiger partial charge on any atom is -0.456 e. The molecule has 10 heteroatoms. The van der Waals surface area contributed by atoms with E-state index in [1.807, 2.05) is 12.2 Å². The van der Waals surface area contributed by atoms with Gasteiger partial charge < -0.3 is 10.1 Å². The third-order valence-corrected chi connectivity index (χ3v) is 5.21. The number of benzene rings is 1. The Hall–Kier alpha value is -3.56. The Morgan fingerprint density at radius 1 is 1.20 bits per heavy atom. The Labute approximate surface area is 172 Å². The highest BCUT2D eigenvalue weighted by molar-refractivity contribution is 6.05. The first-order valence-electron chi connectivity index (χ1n) is 9.49. The number of anilines is 1. The van der Waals surface area contributed by atoms with Gasteiger partial charge in [-0.3, -0.25) is 34.2 Å². The zero-order valence-electron chi connectivity index (χ0n) is 16.3. The number of para-hydroxylation sites is 1. The number of amides is 3. The van der Waals surface area contributed by atoms with Crippen molar-refractivity contribution in [2.45, 2.75) is 26.2 Å². The topological polar surface area (TPSA) is 136 Å². The lowest BCUT2D eigenvalue weighted by Gasteiger charge is -2.14. The van der Waals surface area contributed by atoms with Crippen molar-refractivity contribution in [2.24, 2.45) is 11.8 Å². The SMILES string of the molecule is Cc1cccc([N+](=O)[O-])c1NC(=O)COC(=O)CCN1C(=O)[C@@H]2CC=CC[C@H]2C1=O. The molecule has 1 aliphatic carbocycles. The van der Waals surface area contributed by atoms with Gasteiger partial charge in [0.05, 0.1) is 23.2 Å². The molecule has 1 heterocycles. The summed E-state index contributed by atoms with van der Waals surface area (Å²) in [5.41, 5.74) is 0.260. The fraction of sp³-hybridized carbons (Fsp3) is 0.400. The monoisotopic (exact) mass is 415 g/mol. The largest absolute Gasteiger partial charge is 0.456 e. The molecule has 1 N–H and O–H groups in total. The van der Waals surface area contributed by atoms with Crippen LogP contribution in [0.1, 0.15) is 24.8 Å². The van der Waals surface area contributed by atoms with Crippen LogP contribution in [0.5, 0.6) is 0 Å². The summed E-state index contributed by atoms with van der Waals surface area (Å²) < 4.78 is 4.88. The molecule has 0 spiro atoms. The third kappa shape index (κ3) is 4.37. The van der Waals surface area contributed by atoms with Gasteiger partial charge in [0.25, 0.3) is 11.6 Å². The normalized spacial score (nSPS) is 20.1. The number of fused-ring (bicyclic) bond motifs is 1. The number of hydrogen-bond donors (Lipinski definition) is 1. The van der Waals surface area contributed by atoms with Crippen LogP contribution in [0, 0.1) is 28.9 Å². The molecular formula is C20H21N3O7. The summed E-state index contributed by atoms with van der Waals surface area (Å²) >= 11 is 0. The third-order valence-electron chi connectivity index (χ3n) is 5.21. The molecule has 1 fully saturated rings. The van der Waals surface area contributed by atoms with E-state index in [1.165, 1.54) is 12.1 Å². The maximum Gasteiger partial charge on any atom is 0.308 e. The number of carbonyl (C=O) groups is 4. The zero-order valence-corrected chi connectivity index (χ0v) is 16.3. The van der Waals surface area contributed by atoms with Crippen LogP contribution in [0.15, 0.2) is 30.4 Å². The number of carbonyl (C=O) groups excluding carboxylic acids is 4. The number of nitrogens with one attached hydrogen (secondary N) is 1. The number of hydrogen-bond acceptors (Lipinski definition) is 7. The van der Waals surface area contributed by atoms with Crippen molar-refractivity contribution >= 4 is 35.1 Å². The lowest BCUT2D eigenvalue weighted by Crippen LogP contribution is -2.33. The van der Waals surface area contributed by atoms with Gasteiger partial charge in [0.2, 0.25) is 11.8 Å². The van der Waals surface area contributed by atoms with E-state index >= 15 is 0 Å². The summed E-state index contributed by atoms with van der Waals surface area (Å²) in [5.74, 6) is -2.79. The van der Waals surface area contributed by atoms with Crippen molar-refractivity contribution in [3.8, 4) is 0 Å². The summed E-state index contributed by atoms with van der Waals surface area (Å²) in [4.78, 5) is 60.2. The Balaban J connectivity index is 1.49. The number of rotatable bonds is 7. The second-order valence-electron chi connectivity index (χ2n) is 7.17. The first-order valence-corrected chi connectivity index (χ1v) is 9.49. The van der Waals surface area contributed by atoms with Gasteiger partial charge >= 0.3 is 5.97 Å². The Morgan fingerprint density at radius 3 is 2.43 bits per heavy atom. The molecular weight excluding hydrogens is 394 g/mol. The number of likely N-dealkylation sites (tertiary alicyclic amines) is 1. The highest BCUT2D eigenvalue weighted by Gasteiger charge is 2.46. The predicted octanol–water partition coefficient (Wildman–Crippen LogP) is 1.73. The number of nitro benzene ring substituents is 1. The molecule has 158 valence electrons. The van der Waals surface area contributed by atoms with Gasteiger partial charge in [-0.05, 0) is 25.3 Å². The smallest absolute Gasteiger partial charge is 0.308 e. The number of nitrogens with zero attached hydrogens (tertiary/aromatic N) is 2. The van der Waals surface area contributed by atoms with Gasteiger partial charge in [0, 0.05) is 12.6 Å². The molecule has 0 unspecified atom stereocenters. The summed E-state index contributed by atoms with van der Waals surface area (Å²) in [7, 11) is 0. The molecule has 1 aromatic rings. The number of imide groups is 1. The molecule has 2 atom stereocenters. The molecule has 3 rings (SSSR count). The van der Waals surface area contributed by atoms with Crippen LogP contribution in [-0.2, 0) is 23.9 Å². The number of aryl methyl sites for hydroxylation is 1. The number of allylic oxidation sites excluding steroid dienone is 2. The molecule has 0 radical (unpaired) electrons. The van der Waals surface area contributed by atoms with Crippen LogP contribution in [0.2, 0.25) is 0 Å². The van der Waals surface area contributed by atoms with E-state index < -0.39 is 23.4 Å². The van der Waals surface area contributed by atoms with Crippen LogP contribution in [0.3, 0.4) is 0 Å². The van der Waals surface area contributed by atoms with Crippen molar-refractivity contribution in [3.63, 3.8) is 0 Å². The summed E-state index contributed by atoms with van der Waals surface area (Å²) in [6, 6.07) is 4.36. The maximum absolute atomic E-state index is 12.4. The van der Waals surface area contributed by atoms with E-state index in [0.717, 1.165) is 4.90 Å². The highest BCUT2D eigenvalue weighted by atomic mass is 16.6. The van der Waals surface area contributed by atoms with Gasteiger partial charge in [-0.2, -0.15) is 0 Å². The fourth-order valence-electron chi connectivity index (χ4n) is 3.65. The summed E-state index contributed by atoms with van der Waals surface area (Å²) in [6.45, 7) is 0.863. The molecule has 0 aromatic heterocycles. The molecule has 10 nitrogen and oxygen atoms in total. The van der Waals surface area contributed by atoms with Crippen LogP contribution >= 0.6 is 0 Å². The van der Waals surface area contributed by atoms with E-state index in [1.54, 1.807) is 13.0 Å². The number of ether oxygens (including phenoxy) is 1. The average molecular weight is 415 g/mol. The van der Waals surface area contributed by atoms with Gasteiger partial charge in [-0.1, -0.05) is 24.3 Å². The van der Waals surface area contributed by atoms with Crippen molar-refractivity contribution < 1.29 is 28.8 Å². The minimum atomic E-state index is -0.752. The molecule has 1 aromatic carbocycles. The molecule has 3 amide bonds. The molecule has 0 bridgehead atoms. The predicted molar refractivity (Wildman–Crippen MR) is 104 cm³/mol. The van der Waals surface area contributed by atoms with Crippen molar-refractivity contribution in [2.75, 3.05) is 18.5 Å². The fourth-order valence-corrected chi connectivity index (χ4v) is 3.65. The Bertz CT molecular complexity index is 914. The van der Waals surface area contributed by atoms with Crippen LogP contribution < -0.4 is 5.32 Å². The van der Waals surface area contributed by atoms with Crippen molar-refractivity contribution in [1.82, 2.24) is 4.90 Å². The van der Waals surface area contributed by atoms with Crippen LogP contribution in [-0.4, -0.2) is 46.7 Å². The van der Waals surface area contributed by atoms with Crippen molar-refractivity contribution in [1.29, 1.82) is 0 Å². The summed E-state index contributed by atoms with van der Waals surface area (Å²) in [5, 5.41) is 13.5. The Morgan fingerprint density at radius 2 is 1.83 bits per heavy atom. The van der Waals surface area contributed by atoms with Crippen LogP contribution in [0.25, 0.3) is 0 Å². The number of esters is 1. The molecule has 1 saturated heterocycles. The zero-order chi connectivity index (χ0) is 21.8. The number of nitro groups is 1. The van der Waals surface area contributed by atoms with E-state index in [4.69, 9.17) is 4.74 Å². The minimum absolute atomic E-state index is 0.0352. The van der Waals surface area contributed by atoms with E-state index in [9.17, 15) is 29.3 Å². The highest BCUT2D eigenvalue weighted by Crippen LogP contribution is 2.35. The van der Waals surface area contributed by atoms with E-state index in [-0.39, 0.29) is 48.0 Å². The van der Waals surface area contributed by atoms with E-state index in [2.05, 4.69) is 5.32 Å². The van der Waals surface area contributed by atoms with Gasteiger partial charge in [0.15, 0.2) is 6.61 Å². The first kappa shape index (κ1) is 21.2. The lowest BCUT2D eigenvalue weighted by atomic mass is 9.85. The second kappa shape index (κ2) is 8.85. The lowest BCUT2D eigenvalue weighted by molar-refractivity contribution is -0.384. The standard InChI is InChI=1S/C20H21N3O7/c1-12-5-4-8-15(23(28)29)18(12)21-16(24)11-30-17(25)9-10-22-19(26)13-6-2-3-7-14(13)20(22)27/h2-5,8,13-14H,6-7,9-11H2,1H3,(H,21,24)/t13-,14-/m1/s1. The molecule has 1 aliphatic heterocycles. The van der Waals surface area contributed by atoms with Gasteiger partial charge in [0.1, 0.15) is 5.69 Å². The maximum atomic E-state index is 12.4. The first-order chi connectivity index (χ1) is 14.3. The van der Waals surface area contributed by atoms with Gasteiger partial charge in [-0.25, -0.2) is 0 Å². The van der Waals surface area contributed by atoms with Crippen molar-refractivity contribution in [3.05, 3.63) is 46.0 Å². The second-order valence-corrected chi connectivity index (χ2v) is 7.17. The van der Waals surface area contributed by atoms with Crippen LogP contribution in [0.4, 0.5) is 11.4 Å². The molecule has 0 saturated carbocycles. The van der Waals surface area contributed by atoms with Gasteiger partial charge in [-0.15, -0.1) is 0 Å².